The molecular weight excluding hydrogens is 433 g/mol. The lowest BCUT2D eigenvalue weighted by Crippen LogP contribution is -2.40. The second-order valence-electron chi connectivity index (χ2n) is 7.52. The lowest BCUT2D eigenvalue weighted by atomic mass is 10.1. The smallest absolute Gasteiger partial charge is 0.238 e. The minimum absolute atomic E-state index is 0.0610. The van der Waals surface area contributed by atoms with Gasteiger partial charge in [0.25, 0.3) is 0 Å². The van der Waals surface area contributed by atoms with Crippen molar-refractivity contribution in [3.63, 3.8) is 0 Å². The normalized spacial score (nSPS) is 12.4. The molecule has 5 nitrogen and oxygen atoms in total. The molecule has 7 heteroatoms. The molecule has 0 atom stereocenters. The summed E-state index contributed by atoms with van der Waals surface area (Å²) in [4.78, 5) is 26.7. The first kappa shape index (κ1) is 21.4. The van der Waals surface area contributed by atoms with Crippen LogP contribution >= 0.6 is 23.2 Å². The average Bonchev–Trinajstić information content (AvgIpc) is 3.04. The molecule has 3 aromatic rings. The number of fused-ring (bicyclic) bond motifs is 3. The van der Waals surface area contributed by atoms with Crippen LogP contribution in [0.15, 0.2) is 66.7 Å². The van der Waals surface area contributed by atoms with E-state index in [9.17, 15) is 9.59 Å². The zero-order chi connectivity index (χ0) is 22.0. The van der Waals surface area contributed by atoms with Gasteiger partial charge in [-0.25, -0.2) is 0 Å². The van der Waals surface area contributed by atoms with Crippen LogP contribution in [0, 0.1) is 0 Å². The van der Waals surface area contributed by atoms with Gasteiger partial charge in [-0.15, -0.1) is 0 Å². The largest absolute Gasteiger partial charge is 0.344 e. The standard InChI is InChI=1S/C24H21Cl2N3O2/c1-29(13-22(30)27-15-10-11-20(25)21(26)12-15)14-23(31)28-24-18-8-4-2-6-16(18)17-7-3-5-9-19(17)24/h2-12,24H,13-14H2,1H3,(H,27,30)(H,28,31). The van der Waals surface area contributed by atoms with Crippen LogP contribution in [0.3, 0.4) is 0 Å². The molecule has 0 heterocycles. The van der Waals surface area contributed by atoms with Crippen LogP contribution in [0.1, 0.15) is 17.2 Å². The van der Waals surface area contributed by atoms with Gasteiger partial charge in [0.1, 0.15) is 0 Å². The number of benzene rings is 3. The Morgan fingerprint density at radius 3 is 2.03 bits per heavy atom. The fraction of sp³-hybridized carbons (Fsp3) is 0.167. The van der Waals surface area contributed by atoms with E-state index in [-0.39, 0.29) is 30.9 Å². The molecule has 31 heavy (non-hydrogen) atoms. The van der Waals surface area contributed by atoms with Crippen molar-refractivity contribution in [3.05, 3.63) is 87.9 Å². The highest BCUT2D eigenvalue weighted by atomic mass is 35.5. The summed E-state index contributed by atoms with van der Waals surface area (Å²) in [6.45, 7) is 0.154. The predicted molar refractivity (Wildman–Crippen MR) is 124 cm³/mol. The Kier molecular flexibility index (Phi) is 6.28. The molecule has 2 amide bonds. The first-order chi connectivity index (χ1) is 14.9. The molecule has 0 unspecified atom stereocenters. The number of nitrogens with one attached hydrogen (secondary N) is 2. The van der Waals surface area contributed by atoms with Gasteiger partial charge < -0.3 is 10.6 Å². The van der Waals surface area contributed by atoms with Gasteiger partial charge >= 0.3 is 0 Å². The summed E-state index contributed by atoms with van der Waals surface area (Å²) < 4.78 is 0. The summed E-state index contributed by atoms with van der Waals surface area (Å²) in [5, 5.41) is 6.66. The molecule has 4 rings (SSSR count). The van der Waals surface area contributed by atoms with Crippen molar-refractivity contribution < 1.29 is 9.59 Å². The number of halogens is 2. The van der Waals surface area contributed by atoms with Crippen molar-refractivity contribution in [1.29, 1.82) is 0 Å². The highest BCUT2D eigenvalue weighted by Gasteiger charge is 2.29. The molecule has 2 N–H and O–H groups in total. The Morgan fingerprint density at radius 1 is 0.839 bits per heavy atom. The fourth-order valence-corrected chi connectivity index (χ4v) is 4.14. The number of anilines is 1. The second-order valence-corrected chi connectivity index (χ2v) is 8.34. The van der Waals surface area contributed by atoms with Crippen LogP contribution in [0.2, 0.25) is 10.0 Å². The van der Waals surface area contributed by atoms with E-state index >= 15 is 0 Å². The van der Waals surface area contributed by atoms with E-state index < -0.39 is 0 Å². The number of likely N-dealkylation sites (N-methyl/N-ethyl adjacent to an activating group) is 1. The van der Waals surface area contributed by atoms with Gasteiger partial charge in [0, 0.05) is 5.69 Å². The van der Waals surface area contributed by atoms with Crippen molar-refractivity contribution in [3.8, 4) is 11.1 Å². The van der Waals surface area contributed by atoms with Crippen LogP contribution in [0.4, 0.5) is 5.69 Å². The van der Waals surface area contributed by atoms with E-state index in [1.54, 1.807) is 30.1 Å². The Bertz CT molecular complexity index is 1100. The van der Waals surface area contributed by atoms with E-state index in [4.69, 9.17) is 23.2 Å². The summed E-state index contributed by atoms with van der Waals surface area (Å²) in [5.74, 6) is -0.397. The van der Waals surface area contributed by atoms with E-state index in [0.29, 0.717) is 15.7 Å². The van der Waals surface area contributed by atoms with E-state index in [1.807, 2.05) is 36.4 Å². The average molecular weight is 454 g/mol. The molecule has 0 saturated carbocycles. The third kappa shape index (κ3) is 4.74. The van der Waals surface area contributed by atoms with Gasteiger partial charge in [0.05, 0.1) is 29.2 Å². The molecule has 3 aromatic carbocycles. The van der Waals surface area contributed by atoms with Crippen LogP contribution in [0.25, 0.3) is 11.1 Å². The van der Waals surface area contributed by atoms with Gasteiger partial charge in [-0.2, -0.15) is 0 Å². The van der Waals surface area contributed by atoms with Crippen LogP contribution in [0.5, 0.6) is 0 Å². The summed E-state index contributed by atoms with van der Waals surface area (Å²) in [5.41, 5.74) is 4.99. The van der Waals surface area contributed by atoms with Gasteiger partial charge in [-0.1, -0.05) is 71.7 Å². The maximum atomic E-state index is 12.7. The molecular formula is C24H21Cl2N3O2. The quantitative estimate of drug-likeness (QED) is 0.565. The summed E-state index contributed by atoms with van der Waals surface area (Å²) in [7, 11) is 1.73. The number of carbonyl (C=O) groups excluding carboxylic acids is 2. The first-order valence-corrected chi connectivity index (χ1v) is 10.6. The topological polar surface area (TPSA) is 61.4 Å². The Balaban J connectivity index is 1.36. The number of hydrogen-bond donors (Lipinski definition) is 2. The molecule has 158 valence electrons. The molecule has 0 spiro atoms. The summed E-state index contributed by atoms with van der Waals surface area (Å²) in [6, 6.07) is 20.8. The van der Waals surface area contributed by atoms with Crippen molar-refractivity contribution in [2.24, 2.45) is 0 Å². The summed E-state index contributed by atoms with van der Waals surface area (Å²) >= 11 is 11.9. The molecule has 0 bridgehead atoms. The van der Waals surface area contributed by atoms with E-state index in [2.05, 4.69) is 22.8 Å². The number of amides is 2. The van der Waals surface area contributed by atoms with Gasteiger partial charge in [0.15, 0.2) is 0 Å². The van der Waals surface area contributed by atoms with E-state index in [1.165, 1.54) is 0 Å². The molecule has 0 fully saturated rings. The lowest BCUT2D eigenvalue weighted by Gasteiger charge is -2.20. The minimum Gasteiger partial charge on any atom is -0.344 e. The second kappa shape index (κ2) is 9.10. The van der Waals surface area contributed by atoms with Gasteiger partial charge in [-0.05, 0) is 47.5 Å². The zero-order valence-corrected chi connectivity index (χ0v) is 18.4. The third-order valence-corrected chi connectivity index (χ3v) is 5.91. The SMILES string of the molecule is CN(CC(=O)Nc1ccc(Cl)c(Cl)c1)CC(=O)NC1c2ccccc2-c2ccccc21. The number of hydrogen-bond acceptors (Lipinski definition) is 3. The van der Waals surface area contributed by atoms with Crippen molar-refractivity contribution in [2.45, 2.75) is 6.04 Å². The molecule has 1 aliphatic carbocycles. The van der Waals surface area contributed by atoms with Crippen LogP contribution < -0.4 is 10.6 Å². The van der Waals surface area contributed by atoms with Crippen molar-refractivity contribution in [1.82, 2.24) is 10.2 Å². The minimum atomic E-state index is -0.245. The summed E-state index contributed by atoms with van der Waals surface area (Å²) in [6.07, 6.45) is 0. The van der Waals surface area contributed by atoms with Crippen LogP contribution in [-0.4, -0.2) is 36.9 Å². The number of rotatable bonds is 6. The van der Waals surface area contributed by atoms with Gasteiger partial charge in [-0.3, -0.25) is 14.5 Å². The van der Waals surface area contributed by atoms with Crippen molar-refractivity contribution >= 4 is 40.7 Å². The third-order valence-electron chi connectivity index (χ3n) is 5.17. The monoisotopic (exact) mass is 453 g/mol. The Hall–Kier alpha value is -2.86. The maximum absolute atomic E-state index is 12.7. The Morgan fingerprint density at radius 2 is 1.42 bits per heavy atom. The first-order valence-electron chi connectivity index (χ1n) is 9.83. The Labute approximate surface area is 191 Å². The molecule has 0 aromatic heterocycles. The lowest BCUT2D eigenvalue weighted by molar-refractivity contribution is -0.123. The van der Waals surface area contributed by atoms with E-state index in [0.717, 1.165) is 22.3 Å². The molecule has 0 radical (unpaired) electrons. The highest BCUT2D eigenvalue weighted by molar-refractivity contribution is 6.42. The van der Waals surface area contributed by atoms with Gasteiger partial charge in [0.2, 0.25) is 11.8 Å². The fourth-order valence-electron chi connectivity index (χ4n) is 3.84. The predicted octanol–water partition coefficient (Wildman–Crippen LogP) is 4.75. The number of nitrogens with zero attached hydrogens (tertiary/aromatic N) is 1. The molecule has 0 aliphatic heterocycles. The van der Waals surface area contributed by atoms with Crippen molar-refractivity contribution in [2.75, 3.05) is 25.5 Å². The highest BCUT2D eigenvalue weighted by Crippen LogP contribution is 2.42. The zero-order valence-electron chi connectivity index (χ0n) is 16.9. The molecule has 1 aliphatic rings. The number of carbonyl (C=O) groups is 2. The molecule has 0 saturated heterocycles. The van der Waals surface area contributed by atoms with Crippen LogP contribution in [-0.2, 0) is 9.59 Å². The maximum Gasteiger partial charge on any atom is 0.238 e.